The third kappa shape index (κ3) is 1.62. The Hall–Kier alpha value is -1.38. The number of hydrogen-bond donors (Lipinski definition) is 0. The number of aliphatic imine (C=N–C) groups is 2. The molecular weight excluding hydrogens is 174 g/mol. The number of fused-ring (bicyclic) bond motifs is 1. The summed E-state index contributed by atoms with van der Waals surface area (Å²) >= 11 is 0. The summed E-state index contributed by atoms with van der Waals surface area (Å²) in [6.45, 7) is 7.18. The van der Waals surface area contributed by atoms with Gasteiger partial charge >= 0.3 is 0 Å². The summed E-state index contributed by atoms with van der Waals surface area (Å²) in [6.07, 6.45) is 6.03. The highest BCUT2D eigenvalue weighted by Crippen LogP contribution is 2.18. The molecule has 0 atom stereocenters. The number of hydrogen-bond acceptors (Lipinski definition) is 3. The van der Waals surface area contributed by atoms with E-state index in [0.717, 1.165) is 18.1 Å². The second-order valence-electron chi connectivity index (χ2n) is 4.02. The maximum Gasteiger partial charge on any atom is 0.150 e. The Kier molecular flexibility index (Phi) is 2.23. The summed E-state index contributed by atoms with van der Waals surface area (Å²) in [5.41, 5.74) is 2.39. The van der Waals surface area contributed by atoms with E-state index in [1.807, 2.05) is 6.21 Å². The van der Waals surface area contributed by atoms with E-state index in [1.54, 1.807) is 0 Å². The summed E-state index contributed by atoms with van der Waals surface area (Å²) in [6, 6.07) is 0. The van der Waals surface area contributed by atoms with Crippen molar-refractivity contribution in [1.82, 2.24) is 4.90 Å². The minimum atomic E-state index is 0.462. The van der Waals surface area contributed by atoms with Crippen molar-refractivity contribution >= 4 is 12.1 Å². The monoisotopic (exact) mass is 189 g/mol. The predicted molar refractivity (Wildman–Crippen MR) is 59.3 cm³/mol. The molecule has 0 aromatic carbocycles. The summed E-state index contributed by atoms with van der Waals surface area (Å²) in [5, 5.41) is 0. The molecule has 0 saturated carbocycles. The normalized spacial score (nSPS) is 20.3. The van der Waals surface area contributed by atoms with Gasteiger partial charge in [0.1, 0.15) is 0 Å². The Morgan fingerprint density at radius 3 is 2.86 bits per heavy atom. The molecule has 0 amide bonds. The third-order valence-electron chi connectivity index (χ3n) is 2.31. The highest BCUT2D eigenvalue weighted by Gasteiger charge is 2.15. The van der Waals surface area contributed by atoms with E-state index in [9.17, 15) is 0 Å². The van der Waals surface area contributed by atoms with Crippen LogP contribution in [0, 0.1) is 5.92 Å². The lowest BCUT2D eigenvalue weighted by Crippen LogP contribution is -2.29. The van der Waals surface area contributed by atoms with Crippen molar-refractivity contribution in [3.63, 3.8) is 0 Å². The first-order chi connectivity index (χ1) is 6.66. The first-order valence-corrected chi connectivity index (χ1v) is 4.92. The molecule has 0 fully saturated rings. The van der Waals surface area contributed by atoms with Gasteiger partial charge in [-0.05, 0) is 18.4 Å². The van der Waals surface area contributed by atoms with Crippen LogP contribution in [0.25, 0.3) is 0 Å². The zero-order valence-corrected chi connectivity index (χ0v) is 8.86. The SMILES string of the molecule is CC1=CN2C=C(C(C)C)N=CC2=NC1. The van der Waals surface area contributed by atoms with Gasteiger partial charge in [0.2, 0.25) is 0 Å². The van der Waals surface area contributed by atoms with E-state index >= 15 is 0 Å². The topological polar surface area (TPSA) is 28.0 Å². The summed E-state index contributed by atoms with van der Waals surface area (Å²) in [7, 11) is 0. The van der Waals surface area contributed by atoms with E-state index < -0.39 is 0 Å². The molecule has 0 aromatic rings. The van der Waals surface area contributed by atoms with Crippen LogP contribution in [-0.2, 0) is 0 Å². The van der Waals surface area contributed by atoms with Gasteiger partial charge in [0.25, 0.3) is 0 Å². The molecule has 0 unspecified atom stereocenters. The minimum Gasteiger partial charge on any atom is -0.306 e. The number of amidine groups is 1. The fourth-order valence-electron chi connectivity index (χ4n) is 1.45. The van der Waals surface area contributed by atoms with Gasteiger partial charge < -0.3 is 4.90 Å². The quantitative estimate of drug-likeness (QED) is 0.621. The fraction of sp³-hybridized carbons (Fsp3) is 0.455. The average Bonchev–Trinajstić information content (AvgIpc) is 2.16. The van der Waals surface area contributed by atoms with Crippen LogP contribution in [0.5, 0.6) is 0 Å². The Balaban J connectivity index is 2.28. The van der Waals surface area contributed by atoms with Crippen LogP contribution in [0.4, 0.5) is 0 Å². The van der Waals surface area contributed by atoms with Crippen molar-refractivity contribution in [3.8, 4) is 0 Å². The van der Waals surface area contributed by atoms with E-state index in [-0.39, 0.29) is 0 Å². The fourth-order valence-corrected chi connectivity index (χ4v) is 1.45. The summed E-state index contributed by atoms with van der Waals surface area (Å²) in [4.78, 5) is 10.8. The molecule has 3 nitrogen and oxygen atoms in total. The van der Waals surface area contributed by atoms with Gasteiger partial charge in [0.05, 0.1) is 18.5 Å². The van der Waals surface area contributed by atoms with Crippen molar-refractivity contribution in [1.29, 1.82) is 0 Å². The first kappa shape index (κ1) is 9.19. The number of allylic oxidation sites excluding steroid dienone is 1. The van der Waals surface area contributed by atoms with Crippen molar-refractivity contribution in [2.24, 2.45) is 15.9 Å². The summed E-state index contributed by atoms with van der Waals surface area (Å²) < 4.78 is 0. The molecule has 0 N–H and O–H groups in total. The average molecular weight is 189 g/mol. The van der Waals surface area contributed by atoms with Crippen molar-refractivity contribution in [3.05, 3.63) is 23.7 Å². The predicted octanol–water partition coefficient (Wildman–Crippen LogP) is 2.19. The lowest BCUT2D eigenvalue weighted by Gasteiger charge is -2.25. The summed E-state index contributed by atoms with van der Waals surface area (Å²) in [5.74, 6) is 1.41. The van der Waals surface area contributed by atoms with Crippen LogP contribution in [0.1, 0.15) is 20.8 Å². The Labute approximate surface area is 84.5 Å². The van der Waals surface area contributed by atoms with Crippen LogP contribution in [0.15, 0.2) is 33.7 Å². The molecule has 2 aliphatic rings. The van der Waals surface area contributed by atoms with Crippen LogP contribution in [0.3, 0.4) is 0 Å². The molecule has 0 bridgehead atoms. The second kappa shape index (κ2) is 3.40. The molecule has 0 aromatic heterocycles. The van der Waals surface area contributed by atoms with E-state index in [1.165, 1.54) is 5.57 Å². The molecule has 0 spiro atoms. The Morgan fingerprint density at radius 2 is 2.14 bits per heavy atom. The maximum absolute atomic E-state index is 4.41. The van der Waals surface area contributed by atoms with E-state index in [2.05, 4.69) is 48.1 Å². The second-order valence-corrected chi connectivity index (χ2v) is 4.02. The Morgan fingerprint density at radius 1 is 1.36 bits per heavy atom. The highest BCUT2D eigenvalue weighted by atomic mass is 15.2. The molecule has 74 valence electrons. The lowest BCUT2D eigenvalue weighted by atomic mass is 10.1. The maximum atomic E-state index is 4.41. The molecule has 2 heterocycles. The van der Waals surface area contributed by atoms with Crippen molar-refractivity contribution < 1.29 is 0 Å². The molecule has 14 heavy (non-hydrogen) atoms. The lowest BCUT2D eigenvalue weighted by molar-refractivity contribution is 0.667. The molecule has 0 radical (unpaired) electrons. The van der Waals surface area contributed by atoms with Crippen LogP contribution in [-0.4, -0.2) is 23.5 Å². The Bertz CT molecular complexity index is 359. The van der Waals surface area contributed by atoms with Gasteiger partial charge in [-0.2, -0.15) is 0 Å². The van der Waals surface area contributed by atoms with Crippen molar-refractivity contribution in [2.45, 2.75) is 20.8 Å². The third-order valence-corrected chi connectivity index (χ3v) is 2.31. The molecule has 2 aliphatic heterocycles. The van der Waals surface area contributed by atoms with Gasteiger partial charge in [0, 0.05) is 12.4 Å². The zero-order valence-electron chi connectivity index (χ0n) is 8.86. The van der Waals surface area contributed by atoms with Gasteiger partial charge in [-0.1, -0.05) is 13.8 Å². The highest BCUT2D eigenvalue weighted by molar-refractivity contribution is 6.31. The van der Waals surface area contributed by atoms with Gasteiger partial charge in [-0.15, -0.1) is 0 Å². The largest absolute Gasteiger partial charge is 0.306 e. The van der Waals surface area contributed by atoms with Crippen LogP contribution < -0.4 is 0 Å². The molecule has 2 rings (SSSR count). The van der Waals surface area contributed by atoms with Crippen molar-refractivity contribution in [2.75, 3.05) is 6.54 Å². The zero-order chi connectivity index (χ0) is 10.1. The molecule has 0 saturated heterocycles. The minimum absolute atomic E-state index is 0.462. The molecule has 3 heteroatoms. The van der Waals surface area contributed by atoms with Crippen LogP contribution >= 0.6 is 0 Å². The van der Waals surface area contributed by atoms with Gasteiger partial charge in [-0.25, -0.2) is 0 Å². The molecular formula is C11H15N3. The van der Waals surface area contributed by atoms with Gasteiger partial charge in [0.15, 0.2) is 5.84 Å². The van der Waals surface area contributed by atoms with E-state index in [4.69, 9.17) is 0 Å². The number of nitrogens with zero attached hydrogens (tertiary/aromatic N) is 3. The van der Waals surface area contributed by atoms with E-state index in [0.29, 0.717) is 5.92 Å². The smallest absolute Gasteiger partial charge is 0.150 e. The first-order valence-electron chi connectivity index (χ1n) is 4.92. The van der Waals surface area contributed by atoms with Crippen LogP contribution in [0.2, 0.25) is 0 Å². The number of rotatable bonds is 1. The molecule has 0 aliphatic carbocycles. The van der Waals surface area contributed by atoms with Gasteiger partial charge in [-0.3, -0.25) is 9.98 Å². The standard InChI is InChI=1S/C11H15N3/c1-8(2)10-7-14-6-9(3)4-13-11(14)5-12-10/h5-8H,4H2,1-3H3.